The average Bonchev–Trinajstić information content (AvgIpc) is 3.00. The van der Waals surface area contributed by atoms with E-state index < -0.39 is 0 Å². The van der Waals surface area contributed by atoms with Gasteiger partial charge in [-0.25, -0.2) is 0 Å². The van der Waals surface area contributed by atoms with Gasteiger partial charge in [0, 0.05) is 31.7 Å². The number of amides is 2. The van der Waals surface area contributed by atoms with Crippen molar-refractivity contribution < 1.29 is 19.1 Å². The zero-order valence-corrected chi connectivity index (χ0v) is 13.6. The third-order valence-electron chi connectivity index (χ3n) is 4.29. The molecule has 1 aliphatic rings. The normalized spacial score (nSPS) is 15.2. The van der Waals surface area contributed by atoms with Crippen LogP contribution in [0.5, 0.6) is 5.75 Å². The number of aryl methyl sites for hydroxylation is 1. The molecule has 126 valence electrons. The van der Waals surface area contributed by atoms with Gasteiger partial charge in [-0.3, -0.25) is 9.59 Å². The summed E-state index contributed by atoms with van der Waals surface area (Å²) in [5.74, 6) is -0.0821. The molecule has 0 spiro atoms. The van der Waals surface area contributed by atoms with Gasteiger partial charge in [0.2, 0.25) is 0 Å². The van der Waals surface area contributed by atoms with Crippen LogP contribution in [0.2, 0.25) is 0 Å². The summed E-state index contributed by atoms with van der Waals surface area (Å²) in [6, 6.07) is 6.59. The van der Waals surface area contributed by atoms with Crippen molar-refractivity contribution in [2.24, 2.45) is 0 Å². The zero-order valence-electron chi connectivity index (χ0n) is 13.6. The lowest BCUT2D eigenvalue weighted by molar-refractivity contribution is 0.0718. The van der Waals surface area contributed by atoms with Gasteiger partial charge < -0.3 is 19.3 Å². The van der Waals surface area contributed by atoms with Crippen molar-refractivity contribution in [3.05, 3.63) is 53.5 Å². The van der Waals surface area contributed by atoms with Crippen molar-refractivity contribution in [3.8, 4) is 5.75 Å². The number of phenolic OH excluding ortho intramolecular Hbond substituents is 1. The van der Waals surface area contributed by atoms with Gasteiger partial charge in [-0.2, -0.15) is 0 Å². The number of rotatable bonds is 2. The molecule has 1 aromatic carbocycles. The van der Waals surface area contributed by atoms with Crippen LogP contribution in [0.4, 0.5) is 0 Å². The molecule has 1 aliphatic heterocycles. The van der Waals surface area contributed by atoms with Crippen molar-refractivity contribution in [2.45, 2.75) is 13.3 Å². The molecular weight excluding hydrogens is 308 g/mol. The minimum absolute atomic E-state index is 0.0778. The van der Waals surface area contributed by atoms with Gasteiger partial charge >= 0.3 is 0 Å². The number of hydrogen-bond donors (Lipinski definition) is 1. The standard InChI is InChI=1S/C18H20N2O4/c1-13-3-4-14(11-16(13)21)17(22)19-6-2-7-20(9-8-19)18(23)15-5-10-24-12-15/h3-5,10-12,21H,2,6-9H2,1H3. The summed E-state index contributed by atoms with van der Waals surface area (Å²) in [4.78, 5) is 28.5. The molecule has 0 aliphatic carbocycles. The molecule has 6 heteroatoms. The van der Waals surface area contributed by atoms with Crippen molar-refractivity contribution in [1.29, 1.82) is 0 Å². The van der Waals surface area contributed by atoms with E-state index in [1.165, 1.54) is 18.6 Å². The highest BCUT2D eigenvalue weighted by Gasteiger charge is 2.24. The predicted molar refractivity (Wildman–Crippen MR) is 88.0 cm³/mol. The van der Waals surface area contributed by atoms with Crippen molar-refractivity contribution in [3.63, 3.8) is 0 Å². The number of carbonyl (C=O) groups excluding carboxylic acids is 2. The van der Waals surface area contributed by atoms with Crippen molar-refractivity contribution in [2.75, 3.05) is 26.2 Å². The number of carbonyl (C=O) groups is 2. The first-order valence-electron chi connectivity index (χ1n) is 7.96. The molecule has 0 unspecified atom stereocenters. The Bertz CT molecular complexity index is 739. The van der Waals surface area contributed by atoms with E-state index in [-0.39, 0.29) is 17.6 Å². The van der Waals surface area contributed by atoms with Crippen LogP contribution in [-0.4, -0.2) is 52.9 Å². The molecule has 2 heterocycles. The maximum absolute atomic E-state index is 12.6. The first kappa shape index (κ1) is 16.1. The summed E-state index contributed by atoms with van der Waals surface area (Å²) < 4.78 is 4.96. The van der Waals surface area contributed by atoms with Crippen LogP contribution in [0.15, 0.2) is 41.2 Å². The molecule has 2 amide bonds. The first-order chi connectivity index (χ1) is 11.6. The Morgan fingerprint density at radius 1 is 1.00 bits per heavy atom. The summed E-state index contributed by atoms with van der Waals surface area (Å²) in [7, 11) is 0. The third kappa shape index (κ3) is 3.27. The Morgan fingerprint density at radius 3 is 2.25 bits per heavy atom. The zero-order chi connectivity index (χ0) is 17.1. The third-order valence-corrected chi connectivity index (χ3v) is 4.29. The van der Waals surface area contributed by atoms with E-state index >= 15 is 0 Å². The fourth-order valence-electron chi connectivity index (χ4n) is 2.82. The minimum Gasteiger partial charge on any atom is -0.508 e. The van der Waals surface area contributed by atoms with E-state index in [2.05, 4.69) is 0 Å². The Morgan fingerprint density at radius 2 is 1.67 bits per heavy atom. The quantitative estimate of drug-likeness (QED) is 0.918. The van der Waals surface area contributed by atoms with Crippen LogP contribution in [0.25, 0.3) is 0 Å². The number of furan rings is 1. The molecule has 24 heavy (non-hydrogen) atoms. The monoisotopic (exact) mass is 328 g/mol. The number of phenols is 1. The lowest BCUT2D eigenvalue weighted by atomic mass is 10.1. The number of nitrogens with zero attached hydrogens (tertiary/aromatic N) is 2. The van der Waals surface area contributed by atoms with Gasteiger partial charge in [-0.05, 0) is 37.1 Å². The lowest BCUT2D eigenvalue weighted by Crippen LogP contribution is -2.37. The Hall–Kier alpha value is -2.76. The highest BCUT2D eigenvalue weighted by Crippen LogP contribution is 2.19. The molecule has 0 saturated carbocycles. The first-order valence-corrected chi connectivity index (χ1v) is 7.96. The highest BCUT2D eigenvalue weighted by molar-refractivity contribution is 5.95. The van der Waals surface area contributed by atoms with Crippen LogP contribution in [0.1, 0.15) is 32.7 Å². The fraction of sp³-hybridized carbons (Fsp3) is 0.333. The second kappa shape index (κ2) is 6.78. The molecule has 1 N–H and O–H groups in total. The maximum atomic E-state index is 12.6. The van der Waals surface area contributed by atoms with E-state index in [0.29, 0.717) is 43.7 Å². The van der Waals surface area contributed by atoms with Gasteiger partial charge in [0.1, 0.15) is 12.0 Å². The summed E-state index contributed by atoms with van der Waals surface area (Å²) >= 11 is 0. The van der Waals surface area contributed by atoms with Gasteiger partial charge in [0.15, 0.2) is 0 Å². The topological polar surface area (TPSA) is 74.0 Å². The maximum Gasteiger partial charge on any atom is 0.257 e. The Kier molecular flexibility index (Phi) is 4.55. The van der Waals surface area contributed by atoms with Crippen LogP contribution < -0.4 is 0 Å². The molecule has 0 atom stereocenters. The number of aromatic hydroxyl groups is 1. The lowest BCUT2D eigenvalue weighted by Gasteiger charge is -2.22. The molecule has 6 nitrogen and oxygen atoms in total. The van der Waals surface area contributed by atoms with Gasteiger partial charge in [0.25, 0.3) is 11.8 Å². The molecule has 1 saturated heterocycles. The van der Waals surface area contributed by atoms with E-state index in [0.717, 1.165) is 5.56 Å². The van der Waals surface area contributed by atoms with Gasteiger partial charge in [0.05, 0.1) is 11.8 Å². The van der Waals surface area contributed by atoms with Crippen LogP contribution >= 0.6 is 0 Å². The summed E-state index contributed by atoms with van der Waals surface area (Å²) in [5.41, 5.74) is 1.73. The second-order valence-electron chi connectivity index (χ2n) is 5.95. The van der Waals surface area contributed by atoms with E-state index in [1.807, 2.05) is 0 Å². The molecule has 0 radical (unpaired) electrons. The van der Waals surface area contributed by atoms with Crippen LogP contribution in [0.3, 0.4) is 0 Å². The number of benzene rings is 1. The van der Waals surface area contributed by atoms with Gasteiger partial charge in [-0.15, -0.1) is 0 Å². The van der Waals surface area contributed by atoms with E-state index in [4.69, 9.17) is 4.42 Å². The molecule has 0 bridgehead atoms. The summed E-state index contributed by atoms with van der Waals surface area (Å²) in [6.45, 7) is 3.93. The van der Waals surface area contributed by atoms with Crippen molar-refractivity contribution in [1.82, 2.24) is 9.80 Å². The predicted octanol–water partition coefficient (Wildman–Crippen LogP) is 2.28. The highest BCUT2D eigenvalue weighted by atomic mass is 16.3. The fourth-order valence-corrected chi connectivity index (χ4v) is 2.82. The smallest absolute Gasteiger partial charge is 0.257 e. The van der Waals surface area contributed by atoms with Gasteiger partial charge in [-0.1, -0.05) is 6.07 Å². The summed E-state index contributed by atoms with van der Waals surface area (Å²) in [5, 5.41) is 9.79. The molecule has 1 aromatic heterocycles. The van der Waals surface area contributed by atoms with Crippen LogP contribution in [-0.2, 0) is 0 Å². The average molecular weight is 328 g/mol. The minimum atomic E-state index is -0.122. The van der Waals surface area contributed by atoms with Crippen LogP contribution in [0, 0.1) is 6.92 Å². The Balaban J connectivity index is 1.67. The molecule has 2 aromatic rings. The molecule has 3 rings (SSSR count). The summed E-state index contributed by atoms with van der Waals surface area (Å²) in [6.07, 6.45) is 3.63. The number of hydrogen-bond acceptors (Lipinski definition) is 4. The molecule has 1 fully saturated rings. The van der Waals surface area contributed by atoms with Crippen molar-refractivity contribution >= 4 is 11.8 Å². The van der Waals surface area contributed by atoms with E-state index in [1.54, 1.807) is 34.9 Å². The Labute approximate surface area is 140 Å². The molecular formula is C18H20N2O4. The largest absolute Gasteiger partial charge is 0.508 e. The second-order valence-corrected chi connectivity index (χ2v) is 5.95. The SMILES string of the molecule is Cc1ccc(C(=O)N2CCCN(C(=O)c3ccoc3)CC2)cc1O. The van der Waals surface area contributed by atoms with E-state index in [9.17, 15) is 14.7 Å².